The van der Waals surface area contributed by atoms with Crippen LogP contribution in [0.4, 0.5) is 0 Å². The van der Waals surface area contributed by atoms with Crippen molar-refractivity contribution in [1.82, 2.24) is 0 Å². The van der Waals surface area contributed by atoms with Crippen molar-refractivity contribution < 1.29 is 9.47 Å². The maximum atomic E-state index is 6.31. The van der Waals surface area contributed by atoms with Gasteiger partial charge in [-0.2, -0.15) is 0 Å². The molecule has 0 aromatic heterocycles. The molecule has 2 unspecified atom stereocenters. The van der Waals surface area contributed by atoms with Crippen LogP contribution in [-0.4, -0.2) is 7.11 Å². The molecule has 0 spiro atoms. The predicted molar refractivity (Wildman–Crippen MR) is 86.8 cm³/mol. The number of halogens is 1. The average molecular weight is 348 g/mol. The van der Waals surface area contributed by atoms with Gasteiger partial charge in [0.2, 0.25) is 0 Å². The monoisotopic (exact) mass is 347 g/mol. The number of fused-ring (bicyclic) bond motifs is 1. The van der Waals surface area contributed by atoms with Crippen LogP contribution in [0.15, 0.2) is 40.9 Å². The molecule has 1 aliphatic heterocycles. The number of nitrogens with two attached hydrogens (primary N) is 1. The summed E-state index contributed by atoms with van der Waals surface area (Å²) < 4.78 is 12.5. The van der Waals surface area contributed by atoms with Gasteiger partial charge in [-0.1, -0.05) is 34.1 Å². The van der Waals surface area contributed by atoms with Crippen LogP contribution in [-0.2, 0) is 0 Å². The molecule has 0 aliphatic carbocycles. The van der Waals surface area contributed by atoms with Crippen molar-refractivity contribution in [2.45, 2.75) is 25.5 Å². The highest BCUT2D eigenvalue weighted by molar-refractivity contribution is 9.10. The van der Waals surface area contributed by atoms with Crippen LogP contribution >= 0.6 is 15.9 Å². The van der Waals surface area contributed by atoms with Gasteiger partial charge >= 0.3 is 0 Å². The molecule has 0 saturated carbocycles. The number of methoxy groups -OCH3 is 1. The van der Waals surface area contributed by atoms with Gasteiger partial charge in [-0.05, 0) is 24.6 Å². The number of aryl methyl sites for hydroxylation is 1. The molecule has 2 aromatic rings. The van der Waals surface area contributed by atoms with Gasteiger partial charge in [0.05, 0.1) is 7.11 Å². The quantitative estimate of drug-likeness (QED) is 0.881. The van der Waals surface area contributed by atoms with E-state index in [4.69, 9.17) is 15.2 Å². The average Bonchev–Trinajstić information content (AvgIpc) is 2.46. The van der Waals surface area contributed by atoms with Crippen LogP contribution < -0.4 is 15.2 Å². The lowest BCUT2D eigenvalue weighted by atomic mass is 9.93. The van der Waals surface area contributed by atoms with Crippen LogP contribution in [0.2, 0.25) is 0 Å². The third-order valence-electron chi connectivity index (χ3n) is 3.86. The molecule has 2 aromatic carbocycles. The molecule has 0 saturated heterocycles. The van der Waals surface area contributed by atoms with Crippen LogP contribution in [0, 0.1) is 6.92 Å². The van der Waals surface area contributed by atoms with E-state index in [2.05, 4.69) is 41.1 Å². The van der Waals surface area contributed by atoms with Gasteiger partial charge in [0.15, 0.2) is 0 Å². The maximum absolute atomic E-state index is 6.31. The highest BCUT2D eigenvalue weighted by Crippen LogP contribution is 2.42. The van der Waals surface area contributed by atoms with Gasteiger partial charge in [0.1, 0.15) is 17.6 Å². The molecule has 1 aliphatic rings. The van der Waals surface area contributed by atoms with E-state index in [9.17, 15) is 0 Å². The third-order valence-corrected chi connectivity index (χ3v) is 4.55. The van der Waals surface area contributed by atoms with E-state index < -0.39 is 0 Å². The maximum Gasteiger partial charge on any atom is 0.128 e. The number of hydrogen-bond acceptors (Lipinski definition) is 3. The number of benzene rings is 2. The summed E-state index contributed by atoms with van der Waals surface area (Å²) in [5.74, 6) is 1.59. The second-order valence-electron chi connectivity index (χ2n) is 5.38. The largest absolute Gasteiger partial charge is 0.497 e. The summed E-state index contributed by atoms with van der Waals surface area (Å²) >= 11 is 3.63. The summed E-state index contributed by atoms with van der Waals surface area (Å²) in [5, 5.41) is 0. The molecule has 2 atom stereocenters. The lowest BCUT2D eigenvalue weighted by Gasteiger charge is -2.31. The lowest BCUT2D eigenvalue weighted by molar-refractivity contribution is 0.160. The first-order chi connectivity index (χ1) is 10.1. The van der Waals surface area contributed by atoms with Gasteiger partial charge < -0.3 is 15.2 Å². The number of ether oxygens (including phenoxy) is 2. The third kappa shape index (κ3) is 2.78. The summed E-state index contributed by atoms with van der Waals surface area (Å²) in [7, 11) is 1.65. The lowest BCUT2D eigenvalue weighted by Crippen LogP contribution is -2.24. The molecule has 0 amide bonds. The van der Waals surface area contributed by atoms with E-state index in [1.807, 2.05) is 18.2 Å². The molecule has 0 radical (unpaired) electrons. The molecule has 3 nitrogen and oxygen atoms in total. The van der Waals surface area contributed by atoms with Gasteiger partial charge in [-0.15, -0.1) is 0 Å². The van der Waals surface area contributed by atoms with E-state index in [1.54, 1.807) is 7.11 Å². The van der Waals surface area contributed by atoms with E-state index in [1.165, 1.54) is 5.56 Å². The summed E-state index contributed by atoms with van der Waals surface area (Å²) in [6.45, 7) is 2.07. The first-order valence-corrected chi connectivity index (χ1v) is 7.74. The zero-order valence-corrected chi connectivity index (χ0v) is 13.7. The SMILES string of the molecule is COc1ccc2c(c1)OC(c1ccc(C)cc1Br)CC2N. The highest BCUT2D eigenvalue weighted by atomic mass is 79.9. The van der Waals surface area contributed by atoms with E-state index >= 15 is 0 Å². The van der Waals surface area contributed by atoms with Crippen molar-refractivity contribution in [3.63, 3.8) is 0 Å². The fraction of sp³-hybridized carbons (Fsp3) is 0.294. The minimum atomic E-state index is -0.0467. The molecule has 110 valence electrons. The van der Waals surface area contributed by atoms with E-state index in [0.29, 0.717) is 0 Å². The summed E-state index contributed by atoms with van der Waals surface area (Å²) in [4.78, 5) is 0. The zero-order chi connectivity index (χ0) is 15.0. The first kappa shape index (κ1) is 14.4. The minimum absolute atomic E-state index is 0.0298. The van der Waals surface area contributed by atoms with Gasteiger partial charge in [-0.3, -0.25) is 0 Å². The Balaban J connectivity index is 1.96. The molecule has 0 bridgehead atoms. The smallest absolute Gasteiger partial charge is 0.128 e. The fourth-order valence-electron chi connectivity index (χ4n) is 2.69. The molecule has 1 heterocycles. The van der Waals surface area contributed by atoms with Crippen molar-refractivity contribution in [2.24, 2.45) is 5.73 Å². The molecule has 0 fully saturated rings. The second kappa shape index (κ2) is 5.70. The van der Waals surface area contributed by atoms with Gasteiger partial charge in [0, 0.05) is 34.1 Å². The van der Waals surface area contributed by atoms with Crippen molar-refractivity contribution in [3.05, 3.63) is 57.6 Å². The molecular weight excluding hydrogens is 330 g/mol. The fourth-order valence-corrected chi connectivity index (χ4v) is 3.44. The summed E-state index contributed by atoms with van der Waals surface area (Å²) in [6, 6.07) is 12.1. The number of hydrogen-bond donors (Lipinski definition) is 1. The Labute approximate surface area is 133 Å². The highest BCUT2D eigenvalue weighted by Gasteiger charge is 2.28. The van der Waals surface area contributed by atoms with Crippen molar-refractivity contribution in [3.8, 4) is 11.5 Å². The summed E-state index contributed by atoms with van der Waals surface area (Å²) in [6.07, 6.45) is 0.718. The van der Waals surface area contributed by atoms with Crippen LogP contribution in [0.5, 0.6) is 11.5 Å². The number of rotatable bonds is 2. The standard InChI is InChI=1S/C17H18BrNO2/c1-10-3-5-12(14(18)7-10)17-9-15(19)13-6-4-11(20-2)8-16(13)21-17/h3-8,15,17H,9,19H2,1-2H3. The topological polar surface area (TPSA) is 44.5 Å². The Bertz CT molecular complexity index is 672. The van der Waals surface area contributed by atoms with Crippen molar-refractivity contribution in [2.75, 3.05) is 7.11 Å². The first-order valence-electron chi connectivity index (χ1n) is 6.94. The molecular formula is C17H18BrNO2. The normalized spacial score (nSPS) is 20.6. The zero-order valence-electron chi connectivity index (χ0n) is 12.1. The molecule has 21 heavy (non-hydrogen) atoms. The molecule has 4 heteroatoms. The van der Waals surface area contributed by atoms with Gasteiger partial charge in [-0.25, -0.2) is 0 Å². The Morgan fingerprint density at radius 3 is 2.67 bits per heavy atom. The predicted octanol–water partition coefficient (Wildman–Crippen LogP) is 4.29. The second-order valence-corrected chi connectivity index (χ2v) is 6.23. The van der Waals surface area contributed by atoms with Crippen LogP contribution in [0.1, 0.15) is 35.3 Å². The van der Waals surface area contributed by atoms with E-state index in [0.717, 1.165) is 33.5 Å². The van der Waals surface area contributed by atoms with Crippen LogP contribution in [0.3, 0.4) is 0 Å². The summed E-state index contributed by atoms with van der Waals surface area (Å²) in [5.41, 5.74) is 9.69. The van der Waals surface area contributed by atoms with Crippen LogP contribution in [0.25, 0.3) is 0 Å². The van der Waals surface area contributed by atoms with Crippen molar-refractivity contribution in [1.29, 1.82) is 0 Å². The Morgan fingerprint density at radius 1 is 1.19 bits per heavy atom. The van der Waals surface area contributed by atoms with Gasteiger partial charge in [0.25, 0.3) is 0 Å². The Morgan fingerprint density at radius 2 is 1.95 bits per heavy atom. The minimum Gasteiger partial charge on any atom is -0.497 e. The Hall–Kier alpha value is -1.52. The van der Waals surface area contributed by atoms with Crippen molar-refractivity contribution >= 4 is 15.9 Å². The Kier molecular flexibility index (Phi) is 3.91. The molecule has 2 N–H and O–H groups in total. The molecule has 3 rings (SSSR count). The van der Waals surface area contributed by atoms with E-state index in [-0.39, 0.29) is 12.1 Å².